The highest BCUT2D eigenvalue weighted by Gasteiger charge is 2.14. The van der Waals surface area contributed by atoms with Crippen LogP contribution in [0.15, 0.2) is 42.5 Å². The Kier molecular flexibility index (Phi) is 4.23. The number of hydrogen-bond donors (Lipinski definition) is 0. The summed E-state index contributed by atoms with van der Waals surface area (Å²) < 4.78 is 5.59. The Balaban J connectivity index is 2.30. The van der Waals surface area contributed by atoms with Crippen molar-refractivity contribution in [1.82, 2.24) is 0 Å². The lowest BCUT2D eigenvalue weighted by Crippen LogP contribution is -2.07. The van der Waals surface area contributed by atoms with Gasteiger partial charge in [-0.1, -0.05) is 18.2 Å². The fourth-order valence-electron chi connectivity index (χ4n) is 2.27. The van der Waals surface area contributed by atoms with Crippen molar-refractivity contribution in [2.45, 2.75) is 33.8 Å². The Morgan fingerprint density at radius 3 is 2.00 bits per heavy atom. The summed E-state index contributed by atoms with van der Waals surface area (Å²) in [6, 6.07) is 13.3. The lowest BCUT2D eigenvalue weighted by Gasteiger charge is -2.11. The molecule has 20 heavy (non-hydrogen) atoms. The van der Waals surface area contributed by atoms with Crippen LogP contribution in [0.1, 0.15) is 40.9 Å². The third-order valence-corrected chi connectivity index (χ3v) is 3.20. The summed E-state index contributed by atoms with van der Waals surface area (Å²) in [5.41, 5.74) is 3.51. The molecule has 2 aromatic rings. The molecular weight excluding hydrogens is 248 g/mol. The van der Waals surface area contributed by atoms with E-state index in [0.717, 1.165) is 22.4 Å². The zero-order valence-electron chi connectivity index (χ0n) is 12.4. The largest absolute Gasteiger partial charge is 0.491 e. The maximum atomic E-state index is 12.6. The predicted octanol–water partition coefficient (Wildman–Crippen LogP) is 4.32. The van der Waals surface area contributed by atoms with Crippen molar-refractivity contribution in [2.75, 3.05) is 0 Å². The van der Waals surface area contributed by atoms with Crippen molar-refractivity contribution >= 4 is 5.78 Å². The molecule has 2 aromatic carbocycles. The highest BCUT2D eigenvalue weighted by atomic mass is 16.5. The second-order valence-corrected chi connectivity index (χ2v) is 5.29. The molecule has 0 aliphatic heterocycles. The van der Waals surface area contributed by atoms with Gasteiger partial charge in [-0.25, -0.2) is 0 Å². The first kappa shape index (κ1) is 14.3. The summed E-state index contributed by atoms with van der Waals surface area (Å²) in [5.74, 6) is 0.856. The van der Waals surface area contributed by atoms with Gasteiger partial charge in [0.1, 0.15) is 5.75 Å². The molecule has 0 aliphatic rings. The van der Waals surface area contributed by atoms with Gasteiger partial charge in [-0.2, -0.15) is 0 Å². The molecule has 0 saturated carbocycles. The SMILES string of the molecule is Cc1cccc(C)c1C(=O)c1ccc(OC(C)C)cc1. The van der Waals surface area contributed by atoms with Crippen molar-refractivity contribution in [3.05, 3.63) is 64.7 Å². The van der Waals surface area contributed by atoms with Gasteiger partial charge in [0.05, 0.1) is 6.10 Å². The smallest absolute Gasteiger partial charge is 0.193 e. The van der Waals surface area contributed by atoms with E-state index in [4.69, 9.17) is 4.74 Å². The van der Waals surface area contributed by atoms with Gasteiger partial charge >= 0.3 is 0 Å². The monoisotopic (exact) mass is 268 g/mol. The number of carbonyl (C=O) groups is 1. The average Bonchev–Trinajstić information content (AvgIpc) is 2.38. The quantitative estimate of drug-likeness (QED) is 0.772. The number of benzene rings is 2. The Hall–Kier alpha value is -2.09. The van der Waals surface area contributed by atoms with E-state index in [1.807, 2.05) is 70.2 Å². The summed E-state index contributed by atoms with van der Waals surface area (Å²) >= 11 is 0. The van der Waals surface area contributed by atoms with Gasteiger partial charge < -0.3 is 4.74 Å². The fraction of sp³-hybridized carbons (Fsp3) is 0.278. The lowest BCUT2D eigenvalue weighted by atomic mass is 9.95. The average molecular weight is 268 g/mol. The molecule has 0 saturated heterocycles. The molecule has 0 aromatic heterocycles. The minimum atomic E-state index is 0.0664. The first-order valence-corrected chi connectivity index (χ1v) is 6.86. The highest BCUT2D eigenvalue weighted by molar-refractivity contribution is 6.10. The van der Waals surface area contributed by atoms with Crippen LogP contribution in [0.25, 0.3) is 0 Å². The molecule has 0 spiro atoms. The van der Waals surface area contributed by atoms with Crippen LogP contribution in [0.3, 0.4) is 0 Å². The molecule has 0 radical (unpaired) electrons. The Labute approximate surface area is 120 Å². The molecule has 0 N–H and O–H groups in total. The van der Waals surface area contributed by atoms with Crippen LogP contribution in [0.2, 0.25) is 0 Å². The molecule has 0 fully saturated rings. The number of rotatable bonds is 4. The maximum Gasteiger partial charge on any atom is 0.193 e. The van der Waals surface area contributed by atoms with Gasteiger partial charge in [0, 0.05) is 11.1 Å². The second-order valence-electron chi connectivity index (χ2n) is 5.29. The van der Waals surface area contributed by atoms with Gasteiger partial charge in [-0.15, -0.1) is 0 Å². The molecule has 104 valence electrons. The first-order valence-electron chi connectivity index (χ1n) is 6.86. The van der Waals surface area contributed by atoms with Gasteiger partial charge in [0.2, 0.25) is 0 Å². The molecule has 0 unspecified atom stereocenters. The molecule has 0 atom stereocenters. The molecular formula is C18H20O2. The lowest BCUT2D eigenvalue weighted by molar-refractivity contribution is 0.103. The van der Waals surface area contributed by atoms with Crippen molar-refractivity contribution in [3.63, 3.8) is 0 Å². The zero-order chi connectivity index (χ0) is 14.7. The number of ether oxygens (including phenoxy) is 1. The molecule has 2 rings (SSSR count). The van der Waals surface area contributed by atoms with Gasteiger partial charge in [-0.3, -0.25) is 4.79 Å². The highest BCUT2D eigenvalue weighted by Crippen LogP contribution is 2.20. The van der Waals surface area contributed by atoms with Gasteiger partial charge in [-0.05, 0) is 63.1 Å². The van der Waals surface area contributed by atoms with Crippen LogP contribution in [-0.2, 0) is 0 Å². The van der Waals surface area contributed by atoms with Crippen LogP contribution in [0.4, 0.5) is 0 Å². The summed E-state index contributed by atoms with van der Waals surface area (Å²) in [5, 5.41) is 0. The predicted molar refractivity (Wildman–Crippen MR) is 81.6 cm³/mol. The number of ketones is 1. The standard InChI is InChI=1S/C18H20O2/c1-12(2)20-16-10-8-15(9-11-16)18(19)17-13(3)6-5-7-14(17)4/h5-12H,1-4H3. The van der Waals surface area contributed by atoms with E-state index in [0.29, 0.717) is 5.56 Å². The van der Waals surface area contributed by atoms with E-state index >= 15 is 0 Å². The van der Waals surface area contributed by atoms with E-state index in [1.165, 1.54) is 0 Å². The minimum absolute atomic E-state index is 0.0664. The fourth-order valence-corrected chi connectivity index (χ4v) is 2.27. The van der Waals surface area contributed by atoms with E-state index in [2.05, 4.69) is 0 Å². The minimum Gasteiger partial charge on any atom is -0.491 e. The van der Waals surface area contributed by atoms with Gasteiger partial charge in [0.15, 0.2) is 5.78 Å². The van der Waals surface area contributed by atoms with Gasteiger partial charge in [0.25, 0.3) is 0 Å². The Morgan fingerprint density at radius 2 is 1.50 bits per heavy atom. The zero-order valence-corrected chi connectivity index (χ0v) is 12.4. The molecule has 2 nitrogen and oxygen atoms in total. The third kappa shape index (κ3) is 3.08. The van der Waals surface area contributed by atoms with Crippen molar-refractivity contribution < 1.29 is 9.53 Å². The van der Waals surface area contributed by atoms with Crippen LogP contribution in [-0.4, -0.2) is 11.9 Å². The number of aryl methyl sites for hydroxylation is 2. The van der Waals surface area contributed by atoms with Crippen molar-refractivity contribution in [2.24, 2.45) is 0 Å². The van der Waals surface area contributed by atoms with Crippen LogP contribution in [0.5, 0.6) is 5.75 Å². The maximum absolute atomic E-state index is 12.6. The van der Waals surface area contributed by atoms with E-state index in [-0.39, 0.29) is 11.9 Å². The van der Waals surface area contributed by atoms with Crippen LogP contribution >= 0.6 is 0 Å². The number of hydrogen-bond acceptors (Lipinski definition) is 2. The van der Waals surface area contributed by atoms with Crippen LogP contribution in [0, 0.1) is 13.8 Å². The normalized spacial score (nSPS) is 10.7. The van der Waals surface area contributed by atoms with Crippen LogP contribution < -0.4 is 4.74 Å². The summed E-state index contributed by atoms with van der Waals surface area (Å²) in [7, 11) is 0. The molecule has 0 bridgehead atoms. The number of carbonyl (C=O) groups excluding carboxylic acids is 1. The van der Waals surface area contributed by atoms with E-state index in [9.17, 15) is 4.79 Å². The summed E-state index contributed by atoms with van der Waals surface area (Å²) in [4.78, 5) is 12.6. The summed E-state index contributed by atoms with van der Waals surface area (Å²) in [6.07, 6.45) is 0.134. The molecule has 0 heterocycles. The van der Waals surface area contributed by atoms with E-state index < -0.39 is 0 Å². The summed E-state index contributed by atoms with van der Waals surface area (Å²) in [6.45, 7) is 7.90. The third-order valence-electron chi connectivity index (χ3n) is 3.20. The Morgan fingerprint density at radius 1 is 0.950 bits per heavy atom. The molecule has 0 aliphatic carbocycles. The van der Waals surface area contributed by atoms with Crippen molar-refractivity contribution in [3.8, 4) is 5.75 Å². The topological polar surface area (TPSA) is 26.3 Å². The molecule has 2 heteroatoms. The Bertz CT molecular complexity index is 590. The molecule has 0 amide bonds. The first-order chi connectivity index (χ1) is 9.49. The second kappa shape index (κ2) is 5.91. The van der Waals surface area contributed by atoms with E-state index in [1.54, 1.807) is 0 Å². The van der Waals surface area contributed by atoms with Crippen molar-refractivity contribution in [1.29, 1.82) is 0 Å².